The summed E-state index contributed by atoms with van der Waals surface area (Å²) in [6.07, 6.45) is 71.4. The lowest BCUT2D eigenvalue weighted by Crippen LogP contribution is -2.30. The molecule has 0 bridgehead atoms. The van der Waals surface area contributed by atoms with Crippen molar-refractivity contribution in [3.63, 3.8) is 0 Å². The second kappa shape index (κ2) is 55.2. The highest BCUT2D eigenvalue weighted by atomic mass is 16.6. The van der Waals surface area contributed by atoms with Crippen LogP contribution in [0.1, 0.15) is 265 Å². The molecule has 6 heteroatoms. The summed E-state index contributed by atoms with van der Waals surface area (Å²) in [7, 11) is 0. The minimum absolute atomic E-state index is 0.0903. The summed E-state index contributed by atoms with van der Waals surface area (Å²) in [6.45, 7) is 6.39. The van der Waals surface area contributed by atoms with Crippen LogP contribution in [0.5, 0.6) is 0 Å². The molecule has 0 aromatic heterocycles. The van der Waals surface area contributed by atoms with Gasteiger partial charge in [0.15, 0.2) is 6.10 Å². The Morgan fingerprint density at radius 1 is 0.313 bits per heavy atom. The SMILES string of the molecule is CC/C=C/C/C=C/C/C=C/CCCCCCCC(=O)OC[C@H](COC(=O)CCCCCCCCCCC/C=C/CCCCCCCC)OC(=O)CCCCCCC/C=C/C/C=C/C/C=C/CC. The Morgan fingerprint density at radius 3 is 0.925 bits per heavy atom. The Labute approximate surface area is 414 Å². The molecule has 0 rings (SSSR count). The van der Waals surface area contributed by atoms with Gasteiger partial charge in [-0.3, -0.25) is 14.4 Å². The van der Waals surface area contributed by atoms with Gasteiger partial charge in [0, 0.05) is 19.3 Å². The van der Waals surface area contributed by atoms with Crippen molar-refractivity contribution >= 4 is 17.9 Å². The predicted octanol–water partition coefficient (Wildman–Crippen LogP) is 18.8. The summed E-state index contributed by atoms with van der Waals surface area (Å²) in [5.74, 6) is -0.923. The van der Waals surface area contributed by atoms with Gasteiger partial charge in [-0.05, 0) is 109 Å². The van der Waals surface area contributed by atoms with Crippen molar-refractivity contribution in [1.82, 2.24) is 0 Å². The van der Waals surface area contributed by atoms with Crippen LogP contribution in [0.4, 0.5) is 0 Å². The summed E-state index contributed by atoms with van der Waals surface area (Å²) in [5.41, 5.74) is 0. The van der Waals surface area contributed by atoms with Gasteiger partial charge < -0.3 is 14.2 Å². The lowest BCUT2D eigenvalue weighted by atomic mass is 10.1. The van der Waals surface area contributed by atoms with Gasteiger partial charge >= 0.3 is 17.9 Å². The molecule has 0 spiro atoms. The highest BCUT2D eigenvalue weighted by Gasteiger charge is 2.19. The number of esters is 3. The van der Waals surface area contributed by atoms with Gasteiger partial charge in [0.1, 0.15) is 13.2 Å². The summed E-state index contributed by atoms with van der Waals surface area (Å²) in [4.78, 5) is 38.1. The van der Waals surface area contributed by atoms with Crippen molar-refractivity contribution in [2.45, 2.75) is 271 Å². The van der Waals surface area contributed by atoms with Crippen molar-refractivity contribution in [2.75, 3.05) is 13.2 Å². The first-order chi connectivity index (χ1) is 33.0. The number of allylic oxidation sites excluding steroid dienone is 14. The fourth-order valence-electron chi connectivity index (χ4n) is 7.70. The van der Waals surface area contributed by atoms with Crippen LogP contribution in [0, 0.1) is 0 Å². The first-order valence-corrected chi connectivity index (χ1v) is 28.1. The number of unbranched alkanes of at least 4 members (excludes halogenated alkanes) is 25. The average Bonchev–Trinajstić information content (AvgIpc) is 3.33. The molecule has 0 aliphatic heterocycles. The molecule has 0 aliphatic rings. The lowest BCUT2D eigenvalue weighted by molar-refractivity contribution is -0.167. The Balaban J connectivity index is 4.41. The number of carbonyl (C=O) groups excluding carboxylic acids is 3. The number of carbonyl (C=O) groups is 3. The minimum atomic E-state index is -0.794. The van der Waals surface area contributed by atoms with Crippen LogP contribution in [-0.4, -0.2) is 37.2 Å². The maximum absolute atomic E-state index is 12.8. The molecule has 0 saturated carbocycles. The average molecular weight is 933 g/mol. The molecule has 0 aliphatic carbocycles. The second-order valence-electron chi connectivity index (χ2n) is 18.4. The van der Waals surface area contributed by atoms with Crippen LogP contribution in [-0.2, 0) is 28.6 Å². The maximum Gasteiger partial charge on any atom is 0.306 e. The Bertz CT molecular complexity index is 1300. The summed E-state index contributed by atoms with van der Waals surface area (Å²) in [6, 6.07) is 0. The fourth-order valence-corrected chi connectivity index (χ4v) is 7.70. The van der Waals surface area contributed by atoms with Crippen molar-refractivity contribution in [3.05, 3.63) is 85.1 Å². The molecule has 0 N–H and O–H groups in total. The third-order valence-corrected chi connectivity index (χ3v) is 11.9. The molecular weight excluding hydrogens is 829 g/mol. The quantitative estimate of drug-likeness (QED) is 0.0262. The van der Waals surface area contributed by atoms with Crippen LogP contribution < -0.4 is 0 Å². The first-order valence-electron chi connectivity index (χ1n) is 28.1. The van der Waals surface area contributed by atoms with E-state index in [1.165, 1.54) is 89.9 Å². The molecule has 0 fully saturated rings. The molecule has 0 aromatic carbocycles. The summed E-state index contributed by atoms with van der Waals surface area (Å²) in [5, 5.41) is 0. The normalized spacial score (nSPS) is 12.7. The van der Waals surface area contributed by atoms with E-state index in [-0.39, 0.29) is 31.1 Å². The molecule has 0 saturated heterocycles. The second-order valence-corrected chi connectivity index (χ2v) is 18.4. The van der Waals surface area contributed by atoms with Crippen molar-refractivity contribution in [1.29, 1.82) is 0 Å². The fraction of sp³-hybridized carbons (Fsp3) is 0.721. The maximum atomic E-state index is 12.8. The summed E-state index contributed by atoms with van der Waals surface area (Å²) < 4.78 is 16.8. The zero-order valence-electron chi connectivity index (χ0n) is 43.9. The smallest absolute Gasteiger partial charge is 0.306 e. The van der Waals surface area contributed by atoms with E-state index in [2.05, 4.69) is 106 Å². The number of hydrogen-bond acceptors (Lipinski definition) is 6. The minimum Gasteiger partial charge on any atom is -0.462 e. The highest BCUT2D eigenvalue weighted by molar-refractivity contribution is 5.71. The van der Waals surface area contributed by atoms with Crippen LogP contribution in [0.2, 0.25) is 0 Å². The first kappa shape index (κ1) is 63.6. The van der Waals surface area contributed by atoms with Gasteiger partial charge in [-0.15, -0.1) is 0 Å². The van der Waals surface area contributed by atoms with E-state index in [0.29, 0.717) is 19.3 Å². The zero-order chi connectivity index (χ0) is 48.6. The Hall–Kier alpha value is -3.41. The standard InChI is InChI=1S/C61H104O6/c1-4-7-10-13-16-19-22-25-28-29-30-31-34-36-39-42-45-48-51-54-60(63)66-57-58(67-61(64)55-52-49-46-43-40-37-33-27-24-21-18-15-12-9-6-3)56-65-59(62)53-50-47-44-41-38-35-32-26-23-20-17-14-11-8-5-2/h8-9,11-12,17-18,20-21,25-28,32-33,58H,4-7,10,13-16,19,22-24,29-31,34-57H2,1-3H3/b11-8+,12-9+,20-17+,21-18+,28-25+,32-26+,33-27+/t58-/m1/s1. The molecule has 0 aromatic rings. The van der Waals surface area contributed by atoms with Crippen molar-refractivity contribution in [3.8, 4) is 0 Å². The molecule has 0 amide bonds. The largest absolute Gasteiger partial charge is 0.462 e. The highest BCUT2D eigenvalue weighted by Crippen LogP contribution is 2.15. The predicted molar refractivity (Wildman–Crippen MR) is 288 cm³/mol. The van der Waals surface area contributed by atoms with E-state index in [4.69, 9.17) is 14.2 Å². The van der Waals surface area contributed by atoms with E-state index in [1.807, 2.05) is 0 Å². The Kier molecular flexibility index (Phi) is 52.4. The van der Waals surface area contributed by atoms with E-state index in [0.717, 1.165) is 135 Å². The van der Waals surface area contributed by atoms with Gasteiger partial charge in [-0.25, -0.2) is 0 Å². The molecule has 67 heavy (non-hydrogen) atoms. The lowest BCUT2D eigenvalue weighted by Gasteiger charge is -2.18. The van der Waals surface area contributed by atoms with Crippen molar-refractivity contribution < 1.29 is 28.6 Å². The topological polar surface area (TPSA) is 78.9 Å². The van der Waals surface area contributed by atoms with Gasteiger partial charge in [0.25, 0.3) is 0 Å². The van der Waals surface area contributed by atoms with Crippen LogP contribution >= 0.6 is 0 Å². The summed E-state index contributed by atoms with van der Waals surface area (Å²) >= 11 is 0. The Morgan fingerprint density at radius 2 is 0.582 bits per heavy atom. The number of hydrogen-bond donors (Lipinski definition) is 0. The van der Waals surface area contributed by atoms with Gasteiger partial charge in [0.05, 0.1) is 0 Å². The van der Waals surface area contributed by atoms with Crippen LogP contribution in [0.3, 0.4) is 0 Å². The van der Waals surface area contributed by atoms with E-state index < -0.39 is 6.10 Å². The van der Waals surface area contributed by atoms with Crippen LogP contribution in [0.15, 0.2) is 85.1 Å². The van der Waals surface area contributed by atoms with Crippen LogP contribution in [0.25, 0.3) is 0 Å². The molecule has 6 nitrogen and oxygen atoms in total. The zero-order valence-corrected chi connectivity index (χ0v) is 43.9. The molecule has 0 unspecified atom stereocenters. The monoisotopic (exact) mass is 933 g/mol. The van der Waals surface area contributed by atoms with E-state index >= 15 is 0 Å². The molecule has 1 atom stereocenters. The molecular formula is C61H104O6. The van der Waals surface area contributed by atoms with E-state index in [1.54, 1.807) is 0 Å². The van der Waals surface area contributed by atoms with Gasteiger partial charge in [0.2, 0.25) is 0 Å². The number of ether oxygens (including phenoxy) is 3. The number of rotatable bonds is 50. The van der Waals surface area contributed by atoms with Gasteiger partial charge in [-0.2, -0.15) is 0 Å². The van der Waals surface area contributed by atoms with Gasteiger partial charge in [-0.1, -0.05) is 221 Å². The third kappa shape index (κ3) is 53.4. The van der Waals surface area contributed by atoms with E-state index in [9.17, 15) is 14.4 Å². The molecule has 0 radical (unpaired) electrons. The third-order valence-electron chi connectivity index (χ3n) is 11.9. The molecule has 0 heterocycles. The van der Waals surface area contributed by atoms with Crippen molar-refractivity contribution in [2.24, 2.45) is 0 Å². The molecule has 384 valence electrons.